The first-order valence-electron chi connectivity index (χ1n) is 6.84. The van der Waals surface area contributed by atoms with Gasteiger partial charge in [0.15, 0.2) is 0 Å². The number of H-pyrrole nitrogens is 1. The van der Waals surface area contributed by atoms with Crippen LogP contribution in [0, 0.1) is 0 Å². The molecule has 0 radical (unpaired) electrons. The third-order valence-electron chi connectivity index (χ3n) is 3.49. The van der Waals surface area contributed by atoms with Crippen LogP contribution in [0.2, 0.25) is 0 Å². The minimum Gasteiger partial charge on any atom is -0.462 e. The van der Waals surface area contributed by atoms with Crippen LogP contribution in [-0.4, -0.2) is 27.3 Å². The van der Waals surface area contributed by atoms with E-state index in [0.29, 0.717) is 17.4 Å². The molecule has 0 atom stereocenters. The second kappa shape index (κ2) is 5.05. The van der Waals surface area contributed by atoms with E-state index in [1.165, 1.54) is 0 Å². The molecule has 2 heterocycles. The van der Waals surface area contributed by atoms with Crippen LogP contribution in [-0.2, 0) is 11.3 Å². The molecule has 0 bridgehead atoms. The summed E-state index contributed by atoms with van der Waals surface area (Å²) in [6.45, 7) is 4.53. The minimum atomic E-state index is -0.598. The number of hydrogen-bond acceptors (Lipinski definition) is 4. The molecule has 0 aliphatic rings. The lowest BCUT2D eigenvalue weighted by Gasteiger charge is -2.11. The Morgan fingerprint density at radius 1 is 1.38 bits per heavy atom. The Bertz CT molecular complexity index is 892. The number of nitrogens with one attached hydrogen (secondary N) is 1. The maximum absolute atomic E-state index is 12.7. The summed E-state index contributed by atoms with van der Waals surface area (Å²) in [5.74, 6) is -0.598. The highest BCUT2D eigenvalue weighted by atomic mass is 16.5. The molecule has 21 heavy (non-hydrogen) atoms. The number of ether oxygens (including phenoxy) is 1. The Balaban J connectivity index is 2.44. The number of aryl methyl sites for hydroxylation is 1. The smallest absolute Gasteiger partial charge is 0.343 e. The average molecular weight is 285 g/mol. The standard InChI is InChI=1S/C15H15N3O3/c1-3-18-8-10(15(20)21-4-2)14(19)12-11(18)6-5-9-7-16-17-13(9)12/h5-8H,3-4H2,1-2H3,(H,16,17). The Kier molecular flexibility index (Phi) is 3.21. The molecule has 0 unspecified atom stereocenters. The van der Waals surface area contributed by atoms with E-state index in [-0.39, 0.29) is 17.6 Å². The van der Waals surface area contributed by atoms with Crippen LogP contribution in [0.4, 0.5) is 0 Å². The second-order valence-corrected chi connectivity index (χ2v) is 4.66. The highest BCUT2D eigenvalue weighted by molar-refractivity contribution is 6.06. The molecule has 3 rings (SSSR count). The Labute approximate surface area is 120 Å². The lowest BCUT2D eigenvalue weighted by atomic mass is 10.1. The Morgan fingerprint density at radius 3 is 2.90 bits per heavy atom. The summed E-state index contributed by atoms with van der Waals surface area (Å²) in [4.78, 5) is 24.6. The molecule has 0 aliphatic carbocycles. The van der Waals surface area contributed by atoms with E-state index < -0.39 is 5.97 Å². The molecule has 6 heteroatoms. The number of fused-ring (bicyclic) bond motifs is 3. The first-order valence-corrected chi connectivity index (χ1v) is 6.84. The van der Waals surface area contributed by atoms with Crippen molar-refractivity contribution >= 4 is 27.8 Å². The van der Waals surface area contributed by atoms with Crippen molar-refractivity contribution in [3.8, 4) is 0 Å². The van der Waals surface area contributed by atoms with Crippen LogP contribution in [0.3, 0.4) is 0 Å². The Hall–Kier alpha value is -2.63. The van der Waals surface area contributed by atoms with Crippen LogP contribution < -0.4 is 5.43 Å². The van der Waals surface area contributed by atoms with E-state index in [4.69, 9.17) is 4.74 Å². The fourth-order valence-corrected chi connectivity index (χ4v) is 2.50. The van der Waals surface area contributed by atoms with Crippen LogP contribution in [0.1, 0.15) is 24.2 Å². The van der Waals surface area contributed by atoms with E-state index in [9.17, 15) is 9.59 Å². The van der Waals surface area contributed by atoms with Gasteiger partial charge in [0.2, 0.25) is 5.43 Å². The molecule has 0 saturated heterocycles. The normalized spacial score (nSPS) is 11.1. The fraction of sp³-hybridized carbons (Fsp3) is 0.267. The van der Waals surface area contributed by atoms with Crippen molar-refractivity contribution in [2.45, 2.75) is 20.4 Å². The van der Waals surface area contributed by atoms with Gasteiger partial charge in [0.25, 0.3) is 0 Å². The number of aromatic nitrogens is 3. The van der Waals surface area contributed by atoms with Gasteiger partial charge < -0.3 is 9.30 Å². The summed E-state index contributed by atoms with van der Waals surface area (Å²) in [6.07, 6.45) is 3.28. The van der Waals surface area contributed by atoms with Crippen molar-refractivity contribution < 1.29 is 9.53 Å². The summed E-state index contributed by atoms with van der Waals surface area (Å²) < 4.78 is 6.83. The van der Waals surface area contributed by atoms with Crippen LogP contribution in [0.5, 0.6) is 0 Å². The molecular weight excluding hydrogens is 270 g/mol. The maximum Gasteiger partial charge on any atom is 0.343 e. The summed E-state index contributed by atoms with van der Waals surface area (Å²) in [7, 11) is 0. The molecule has 1 N–H and O–H groups in total. The van der Waals surface area contributed by atoms with Crippen molar-refractivity contribution in [2.75, 3.05) is 6.61 Å². The summed E-state index contributed by atoms with van der Waals surface area (Å²) in [5, 5.41) is 8.18. The van der Waals surface area contributed by atoms with Gasteiger partial charge in [-0.25, -0.2) is 4.79 Å². The molecule has 108 valence electrons. The van der Waals surface area contributed by atoms with E-state index in [1.807, 2.05) is 23.6 Å². The quantitative estimate of drug-likeness (QED) is 0.747. The van der Waals surface area contributed by atoms with Gasteiger partial charge in [0, 0.05) is 24.3 Å². The highest BCUT2D eigenvalue weighted by Crippen LogP contribution is 2.21. The van der Waals surface area contributed by atoms with Crippen molar-refractivity contribution in [2.24, 2.45) is 0 Å². The number of aromatic amines is 1. The van der Waals surface area contributed by atoms with Crippen molar-refractivity contribution in [3.05, 3.63) is 40.3 Å². The first kappa shape index (κ1) is 13.4. The SMILES string of the molecule is CCOC(=O)c1cn(CC)c2ccc3c[nH]nc3c2c1=O. The summed E-state index contributed by atoms with van der Waals surface area (Å²) in [5.41, 5.74) is 1.04. The van der Waals surface area contributed by atoms with Crippen molar-refractivity contribution in [1.82, 2.24) is 14.8 Å². The molecule has 1 aromatic carbocycles. The molecule has 6 nitrogen and oxygen atoms in total. The zero-order valence-electron chi connectivity index (χ0n) is 11.8. The number of pyridine rings is 1. The Morgan fingerprint density at radius 2 is 2.19 bits per heavy atom. The number of hydrogen-bond donors (Lipinski definition) is 1. The molecule has 2 aromatic heterocycles. The summed E-state index contributed by atoms with van der Waals surface area (Å²) in [6, 6.07) is 3.77. The van der Waals surface area contributed by atoms with Crippen molar-refractivity contribution in [3.63, 3.8) is 0 Å². The molecule has 0 amide bonds. The lowest BCUT2D eigenvalue weighted by molar-refractivity contribution is 0.0524. The van der Waals surface area contributed by atoms with E-state index in [2.05, 4.69) is 10.2 Å². The molecule has 0 saturated carbocycles. The number of benzene rings is 1. The minimum absolute atomic E-state index is 0.0432. The van der Waals surface area contributed by atoms with Crippen LogP contribution in [0.15, 0.2) is 29.3 Å². The average Bonchev–Trinajstić information content (AvgIpc) is 2.96. The summed E-state index contributed by atoms with van der Waals surface area (Å²) >= 11 is 0. The number of carbonyl (C=O) groups excluding carboxylic acids is 1. The highest BCUT2D eigenvalue weighted by Gasteiger charge is 2.18. The zero-order chi connectivity index (χ0) is 15.0. The van der Waals surface area contributed by atoms with Crippen LogP contribution >= 0.6 is 0 Å². The number of esters is 1. The molecular formula is C15H15N3O3. The van der Waals surface area contributed by atoms with E-state index in [0.717, 1.165) is 10.9 Å². The number of carbonyl (C=O) groups is 1. The van der Waals surface area contributed by atoms with Gasteiger partial charge in [-0.1, -0.05) is 0 Å². The molecule has 0 spiro atoms. The van der Waals surface area contributed by atoms with Gasteiger partial charge in [-0.2, -0.15) is 5.10 Å². The molecule has 0 fully saturated rings. The van der Waals surface area contributed by atoms with E-state index in [1.54, 1.807) is 19.3 Å². The molecule has 3 aromatic rings. The first-order chi connectivity index (χ1) is 10.2. The maximum atomic E-state index is 12.7. The van der Waals surface area contributed by atoms with Gasteiger partial charge >= 0.3 is 5.97 Å². The van der Waals surface area contributed by atoms with Crippen LogP contribution in [0.25, 0.3) is 21.8 Å². The predicted octanol–water partition coefficient (Wildman–Crippen LogP) is 2.07. The third-order valence-corrected chi connectivity index (χ3v) is 3.49. The van der Waals surface area contributed by atoms with Gasteiger partial charge in [-0.3, -0.25) is 9.89 Å². The third kappa shape index (κ3) is 1.99. The number of rotatable bonds is 3. The fourth-order valence-electron chi connectivity index (χ4n) is 2.50. The number of nitrogens with zero attached hydrogens (tertiary/aromatic N) is 2. The van der Waals surface area contributed by atoms with Gasteiger partial charge in [0.05, 0.1) is 17.5 Å². The monoisotopic (exact) mass is 285 g/mol. The lowest BCUT2D eigenvalue weighted by Crippen LogP contribution is -2.21. The topological polar surface area (TPSA) is 77.0 Å². The van der Waals surface area contributed by atoms with E-state index >= 15 is 0 Å². The van der Waals surface area contributed by atoms with Gasteiger partial charge in [0.1, 0.15) is 11.1 Å². The largest absolute Gasteiger partial charge is 0.462 e. The van der Waals surface area contributed by atoms with Gasteiger partial charge in [-0.05, 0) is 26.0 Å². The molecule has 0 aliphatic heterocycles. The zero-order valence-corrected chi connectivity index (χ0v) is 11.8. The second-order valence-electron chi connectivity index (χ2n) is 4.66. The van der Waals surface area contributed by atoms with Gasteiger partial charge in [-0.15, -0.1) is 0 Å². The predicted molar refractivity (Wildman–Crippen MR) is 79.5 cm³/mol. The van der Waals surface area contributed by atoms with Crippen molar-refractivity contribution in [1.29, 1.82) is 0 Å².